The smallest absolute Gasteiger partial charge is 0.376 e. The molecule has 0 unspecified atom stereocenters. The van der Waals surface area contributed by atoms with E-state index in [1.54, 1.807) is 4.57 Å². The molecule has 0 aliphatic carbocycles. The highest BCUT2D eigenvalue weighted by molar-refractivity contribution is 5.85. The minimum atomic E-state index is -0.442. The van der Waals surface area contributed by atoms with Crippen molar-refractivity contribution in [2.24, 2.45) is 0 Å². The van der Waals surface area contributed by atoms with Crippen molar-refractivity contribution in [3.8, 4) is 0 Å². The Kier molecular flexibility index (Phi) is 1.88. The molecule has 70 valence electrons. The number of carbonyl (C=O) groups is 1. The van der Waals surface area contributed by atoms with Crippen LogP contribution in [-0.2, 0) is 11.3 Å². The molecule has 0 saturated carbocycles. The van der Waals surface area contributed by atoms with Crippen molar-refractivity contribution in [2.45, 2.75) is 13.0 Å². The van der Waals surface area contributed by atoms with Crippen LogP contribution in [0.3, 0.4) is 0 Å². The SMILES string of the molecule is COC(=O)c1nnc2n1CCCN2. The van der Waals surface area contributed by atoms with Gasteiger partial charge in [-0.05, 0) is 6.42 Å². The van der Waals surface area contributed by atoms with Crippen LogP contribution < -0.4 is 5.32 Å². The Morgan fingerprint density at radius 2 is 2.46 bits per heavy atom. The lowest BCUT2D eigenvalue weighted by molar-refractivity contribution is 0.0580. The monoisotopic (exact) mass is 182 g/mol. The fourth-order valence-electron chi connectivity index (χ4n) is 1.33. The summed E-state index contributed by atoms with van der Waals surface area (Å²) in [6.07, 6.45) is 0.967. The Labute approximate surface area is 74.9 Å². The topological polar surface area (TPSA) is 69.0 Å². The van der Waals surface area contributed by atoms with Gasteiger partial charge in [0.2, 0.25) is 11.8 Å². The number of methoxy groups -OCH3 is 1. The van der Waals surface area contributed by atoms with Crippen LogP contribution in [-0.4, -0.2) is 34.4 Å². The largest absolute Gasteiger partial charge is 0.463 e. The number of fused-ring (bicyclic) bond motifs is 1. The van der Waals surface area contributed by atoms with E-state index in [-0.39, 0.29) is 5.82 Å². The zero-order chi connectivity index (χ0) is 9.26. The van der Waals surface area contributed by atoms with Crippen molar-refractivity contribution in [2.75, 3.05) is 19.0 Å². The first kappa shape index (κ1) is 8.03. The molecule has 2 heterocycles. The van der Waals surface area contributed by atoms with Crippen molar-refractivity contribution >= 4 is 11.9 Å². The molecule has 6 heteroatoms. The number of ether oxygens (including phenoxy) is 1. The molecule has 1 aromatic rings. The molecule has 13 heavy (non-hydrogen) atoms. The van der Waals surface area contributed by atoms with Gasteiger partial charge in [-0.25, -0.2) is 4.79 Å². The van der Waals surface area contributed by atoms with Crippen LogP contribution in [0.1, 0.15) is 17.0 Å². The number of aromatic nitrogens is 3. The molecule has 1 aliphatic heterocycles. The van der Waals surface area contributed by atoms with Crippen LogP contribution in [0.2, 0.25) is 0 Å². The highest BCUT2D eigenvalue weighted by Gasteiger charge is 2.20. The molecule has 0 fully saturated rings. The Morgan fingerprint density at radius 3 is 3.23 bits per heavy atom. The number of hydrogen-bond donors (Lipinski definition) is 1. The third kappa shape index (κ3) is 1.24. The number of rotatable bonds is 1. The highest BCUT2D eigenvalue weighted by Crippen LogP contribution is 2.13. The summed E-state index contributed by atoms with van der Waals surface area (Å²) in [5, 5.41) is 10.6. The lowest BCUT2D eigenvalue weighted by Gasteiger charge is -2.15. The van der Waals surface area contributed by atoms with Crippen LogP contribution in [0.4, 0.5) is 5.95 Å². The third-order valence-corrected chi connectivity index (χ3v) is 1.96. The lowest BCUT2D eigenvalue weighted by atomic mass is 10.3. The van der Waals surface area contributed by atoms with Crippen LogP contribution in [0.15, 0.2) is 0 Å². The fraction of sp³-hybridized carbons (Fsp3) is 0.571. The summed E-state index contributed by atoms with van der Waals surface area (Å²) in [5.41, 5.74) is 0. The molecular weight excluding hydrogens is 172 g/mol. The first-order valence-corrected chi connectivity index (χ1v) is 4.08. The number of nitrogens with one attached hydrogen (secondary N) is 1. The van der Waals surface area contributed by atoms with Gasteiger partial charge in [0, 0.05) is 13.1 Å². The van der Waals surface area contributed by atoms with E-state index in [9.17, 15) is 4.79 Å². The van der Waals surface area contributed by atoms with Crippen LogP contribution in [0.25, 0.3) is 0 Å². The number of esters is 1. The average Bonchev–Trinajstić information content (AvgIpc) is 2.60. The molecule has 0 aromatic carbocycles. The second-order valence-corrected chi connectivity index (χ2v) is 2.77. The van der Waals surface area contributed by atoms with Gasteiger partial charge in [-0.3, -0.25) is 4.57 Å². The summed E-state index contributed by atoms with van der Waals surface area (Å²) < 4.78 is 6.30. The molecule has 2 rings (SSSR count). The van der Waals surface area contributed by atoms with E-state index in [2.05, 4.69) is 20.3 Å². The predicted molar refractivity (Wildman–Crippen MR) is 44.5 cm³/mol. The minimum absolute atomic E-state index is 0.268. The van der Waals surface area contributed by atoms with Gasteiger partial charge in [0.05, 0.1) is 7.11 Å². The third-order valence-electron chi connectivity index (χ3n) is 1.96. The first-order chi connectivity index (χ1) is 6.33. The van der Waals surface area contributed by atoms with Gasteiger partial charge in [-0.2, -0.15) is 0 Å². The zero-order valence-corrected chi connectivity index (χ0v) is 7.28. The number of nitrogens with zero attached hydrogens (tertiary/aromatic N) is 3. The average molecular weight is 182 g/mol. The molecule has 1 aromatic heterocycles. The summed E-state index contributed by atoms with van der Waals surface area (Å²) in [7, 11) is 1.33. The number of hydrogen-bond acceptors (Lipinski definition) is 5. The van der Waals surface area contributed by atoms with E-state index in [0.29, 0.717) is 5.95 Å². The van der Waals surface area contributed by atoms with Gasteiger partial charge < -0.3 is 10.1 Å². The summed E-state index contributed by atoms with van der Waals surface area (Å²) in [6.45, 7) is 1.64. The van der Waals surface area contributed by atoms with Gasteiger partial charge in [0.15, 0.2) is 0 Å². The van der Waals surface area contributed by atoms with Gasteiger partial charge in [-0.1, -0.05) is 0 Å². The standard InChI is InChI=1S/C7H10N4O2/c1-13-6(12)5-9-10-7-8-3-2-4-11(5)7/h2-4H2,1H3,(H,8,10). The van der Waals surface area contributed by atoms with E-state index >= 15 is 0 Å². The zero-order valence-electron chi connectivity index (χ0n) is 7.28. The second kappa shape index (κ2) is 3.04. The Balaban J connectivity index is 2.36. The quantitative estimate of drug-likeness (QED) is 0.613. The summed E-state index contributed by atoms with van der Waals surface area (Å²) in [6, 6.07) is 0. The molecule has 0 amide bonds. The van der Waals surface area contributed by atoms with Crippen LogP contribution >= 0.6 is 0 Å². The molecule has 6 nitrogen and oxygen atoms in total. The van der Waals surface area contributed by atoms with Gasteiger partial charge >= 0.3 is 5.97 Å². The van der Waals surface area contributed by atoms with E-state index < -0.39 is 5.97 Å². The van der Waals surface area contributed by atoms with E-state index in [4.69, 9.17) is 0 Å². The van der Waals surface area contributed by atoms with Crippen molar-refractivity contribution in [1.29, 1.82) is 0 Å². The highest BCUT2D eigenvalue weighted by atomic mass is 16.5. The maximum atomic E-state index is 11.2. The fourth-order valence-corrected chi connectivity index (χ4v) is 1.33. The van der Waals surface area contributed by atoms with Gasteiger partial charge in [0.1, 0.15) is 0 Å². The maximum absolute atomic E-state index is 11.2. The normalized spacial score (nSPS) is 14.5. The Morgan fingerprint density at radius 1 is 1.62 bits per heavy atom. The second-order valence-electron chi connectivity index (χ2n) is 2.77. The summed E-state index contributed by atoms with van der Waals surface area (Å²) in [5.74, 6) is 0.471. The van der Waals surface area contributed by atoms with Crippen LogP contribution in [0.5, 0.6) is 0 Å². The summed E-state index contributed by atoms with van der Waals surface area (Å²) >= 11 is 0. The van der Waals surface area contributed by atoms with Crippen molar-refractivity contribution in [3.63, 3.8) is 0 Å². The summed E-state index contributed by atoms with van der Waals surface area (Å²) in [4.78, 5) is 11.2. The van der Waals surface area contributed by atoms with E-state index in [1.165, 1.54) is 7.11 Å². The Bertz CT molecular complexity index is 333. The molecular formula is C7H10N4O2. The van der Waals surface area contributed by atoms with Crippen molar-refractivity contribution < 1.29 is 9.53 Å². The number of carbonyl (C=O) groups excluding carboxylic acids is 1. The molecule has 0 atom stereocenters. The van der Waals surface area contributed by atoms with Gasteiger partial charge in [-0.15, -0.1) is 10.2 Å². The maximum Gasteiger partial charge on any atom is 0.376 e. The van der Waals surface area contributed by atoms with Crippen molar-refractivity contribution in [1.82, 2.24) is 14.8 Å². The molecule has 0 radical (unpaired) electrons. The molecule has 1 aliphatic rings. The van der Waals surface area contributed by atoms with Crippen molar-refractivity contribution in [3.05, 3.63) is 5.82 Å². The molecule has 0 spiro atoms. The first-order valence-electron chi connectivity index (χ1n) is 4.08. The Hall–Kier alpha value is -1.59. The van der Waals surface area contributed by atoms with Crippen LogP contribution in [0, 0.1) is 0 Å². The molecule has 0 saturated heterocycles. The van der Waals surface area contributed by atoms with E-state index in [0.717, 1.165) is 19.5 Å². The van der Waals surface area contributed by atoms with Gasteiger partial charge in [0.25, 0.3) is 0 Å². The lowest BCUT2D eigenvalue weighted by Crippen LogP contribution is -2.21. The van der Waals surface area contributed by atoms with E-state index in [1.807, 2.05) is 0 Å². The molecule has 0 bridgehead atoms. The number of anilines is 1. The molecule has 1 N–H and O–H groups in total. The predicted octanol–water partition coefficient (Wildman–Crippen LogP) is -0.120. The minimum Gasteiger partial charge on any atom is -0.463 e.